The van der Waals surface area contributed by atoms with Crippen LogP contribution in [0.5, 0.6) is 5.75 Å². The predicted molar refractivity (Wildman–Crippen MR) is 77.5 cm³/mol. The maximum absolute atomic E-state index is 12.2. The molecule has 2 N–H and O–H groups in total. The van der Waals surface area contributed by atoms with Gasteiger partial charge in [-0.2, -0.15) is 8.78 Å². The van der Waals surface area contributed by atoms with E-state index in [1.165, 1.54) is 6.07 Å². The van der Waals surface area contributed by atoms with Crippen LogP contribution < -0.4 is 10.1 Å². The van der Waals surface area contributed by atoms with E-state index in [9.17, 15) is 8.78 Å². The summed E-state index contributed by atoms with van der Waals surface area (Å²) < 4.78 is 28.9. The lowest BCUT2D eigenvalue weighted by molar-refractivity contribution is -0.0499. The summed E-state index contributed by atoms with van der Waals surface area (Å²) in [5.74, 6) is 0.626. The molecule has 0 radical (unpaired) electrons. The third-order valence-electron chi connectivity index (χ3n) is 4.17. The number of ether oxygens (including phenoxy) is 1. The van der Waals surface area contributed by atoms with Crippen LogP contribution in [0.4, 0.5) is 8.78 Å². The molecule has 0 saturated heterocycles. The van der Waals surface area contributed by atoms with E-state index >= 15 is 0 Å². The SMILES string of the molecule is CC(NC1CCC(CO)CC1)c1cccc(OC(F)F)c1. The number of halogens is 2. The molecule has 0 spiro atoms. The minimum Gasteiger partial charge on any atom is -0.435 e. The number of nitrogens with one attached hydrogen (secondary N) is 1. The van der Waals surface area contributed by atoms with Crippen molar-refractivity contribution in [3.05, 3.63) is 29.8 Å². The Labute approximate surface area is 124 Å². The molecule has 1 aliphatic rings. The fourth-order valence-electron chi connectivity index (χ4n) is 2.92. The molecule has 1 aromatic carbocycles. The van der Waals surface area contributed by atoms with Gasteiger partial charge in [-0.25, -0.2) is 0 Å². The maximum Gasteiger partial charge on any atom is 0.387 e. The van der Waals surface area contributed by atoms with Crippen molar-refractivity contribution in [2.45, 2.75) is 51.3 Å². The number of aliphatic hydroxyl groups excluding tert-OH is 1. The van der Waals surface area contributed by atoms with Gasteiger partial charge in [0.05, 0.1) is 0 Å². The lowest BCUT2D eigenvalue weighted by Crippen LogP contribution is -2.35. The monoisotopic (exact) mass is 299 g/mol. The van der Waals surface area contributed by atoms with Gasteiger partial charge in [-0.05, 0) is 56.2 Å². The first kappa shape index (κ1) is 16.2. The third-order valence-corrected chi connectivity index (χ3v) is 4.17. The summed E-state index contributed by atoms with van der Waals surface area (Å²) >= 11 is 0. The quantitative estimate of drug-likeness (QED) is 0.845. The molecule has 1 unspecified atom stereocenters. The first-order chi connectivity index (χ1) is 10.1. The van der Waals surface area contributed by atoms with E-state index < -0.39 is 6.61 Å². The van der Waals surface area contributed by atoms with E-state index in [-0.39, 0.29) is 18.4 Å². The number of hydrogen-bond acceptors (Lipinski definition) is 3. The lowest BCUT2D eigenvalue weighted by atomic mass is 9.86. The van der Waals surface area contributed by atoms with Crippen LogP contribution in [0.1, 0.15) is 44.2 Å². The largest absolute Gasteiger partial charge is 0.435 e. The van der Waals surface area contributed by atoms with E-state index in [1.54, 1.807) is 12.1 Å². The van der Waals surface area contributed by atoms with Crippen LogP contribution in [-0.2, 0) is 0 Å². The van der Waals surface area contributed by atoms with Crippen LogP contribution in [0.3, 0.4) is 0 Å². The third kappa shape index (κ3) is 4.93. The Balaban J connectivity index is 1.89. The number of alkyl halides is 2. The zero-order chi connectivity index (χ0) is 15.2. The summed E-state index contributed by atoms with van der Waals surface area (Å²) in [6.07, 6.45) is 4.16. The van der Waals surface area contributed by atoms with Gasteiger partial charge >= 0.3 is 6.61 Å². The molecule has 118 valence electrons. The first-order valence-corrected chi connectivity index (χ1v) is 7.50. The second kappa shape index (κ2) is 7.71. The van der Waals surface area contributed by atoms with Crippen molar-refractivity contribution in [3.63, 3.8) is 0 Å². The van der Waals surface area contributed by atoms with E-state index in [2.05, 4.69) is 10.1 Å². The van der Waals surface area contributed by atoms with Crippen LogP contribution in [-0.4, -0.2) is 24.4 Å². The van der Waals surface area contributed by atoms with Gasteiger partial charge in [-0.3, -0.25) is 0 Å². The molecule has 1 atom stereocenters. The molecule has 1 aliphatic carbocycles. The average Bonchev–Trinajstić information content (AvgIpc) is 2.47. The Hall–Kier alpha value is -1.20. The highest BCUT2D eigenvalue weighted by Crippen LogP contribution is 2.27. The van der Waals surface area contributed by atoms with Gasteiger partial charge in [-0.15, -0.1) is 0 Å². The van der Waals surface area contributed by atoms with Gasteiger partial charge < -0.3 is 15.2 Å². The van der Waals surface area contributed by atoms with Crippen LogP contribution in [0.25, 0.3) is 0 Å². The molecule has 0 bridgehead atoms. The highest BCUT2D eigenvalue weighted by atomic mass is 19.3. The standard InChI is InChI=1S/C16H23F2NO2/c1-11(19-14-7-5-12(10-20)6-8-14)13-3-2-4-15(9-13)21-16(17)18/h2-4,9,11-12,14,16,19-20H,5-8,10H2,1H3. The van der Waals surface area contributed by atoms with Crippen LogP contribution in [0.15, 0.2) is 24.3 Å². The second-order valence-corrected chi connectivity index (χ2v) is 5.74. The summed E-state index contributed by atoms with van der Waals surface area (Å²) in [6.45, 7) is -0.494. The van der Waals surface area contributed by atoms with Gasteiger partial charge in [0.2, 0.25) is 0 Å². The predicted octanol–water partition coefficient (Wildman–Crippen LogP) is 3.49. The highest BCUT2D eigenvalue weighted by molar-refractivity contribution is 5.30. The van der Waals surface area contributed by atoms with Gasteiger partial charge in [0.25, 0.3) is 0 Å². The summed E-state index contributed by atoms with van der Waals surface area (Å²) in [5, 5.41) is 12.7. The number of rotatable bonds is 6. The Morgan fingerprint density at radius 1 is 1.29 bits per heavy atom. The van der Waals surface area contributed by atoms with E-state index in [4.69, 9.17) is 5.11 Å². The number of hydrogen-bond donors (Lipinski definition) is 2. The van der Waals surface area contributed by atoms with Crippen molar-refractivity contribution in [2.75, 3.05) is 6.61 Å². The minimum atomic E-state index is -2.79. The summed E-state index contributed by atoms with van der Waals surface area (Å²) in [7, 11) is 0. The maximum atomic E-state index is 12.2. The normalized spacial score (nSPS) is 24.0. The fraction of sp³-hybridized carbons (Fsp3) is 0.625. The smallest absolute Gasteiger partial charge is 0.387 e. The molecule has 0 aliphatic heterocycles. The Morgan fingerprint density at radius 2 is 2.00 bits per heavy atom. The molecule has 5 heteroatoms. The Morgan fingerprint density at radius 3 is 2.62 bits per heavy atom. The summed E-state index contributed by atoms with van der Waals surface area (Å²) in [4.78, 5) is 0. The van der Waals surface area contributed by atoms with Crippen molar-refractivity contribution in [3.8, 4) is 5.75 Å². The van der Waals surface area contributed by atoms with E-state index in [0.29, 0.717) is 12.0 Å². The average molecular weight is 299 g/mol. The van der Waals surface area contributed by atoms with Gasteiger partial charge in [0.15, 0.2) is 0 Å². The highest BCUT2D eigenvalue weighted by Gasteiger charge is 2.22. The molecule has 1 aromatic rings. The molecule has 21 heavy (non-hydrogen) atoms. The van der Waals surface area contributed by atoms with Gasteiger partial charge in [0, 0.05) is 18.7 Å². The summed E-state index contributed by atoms with van der Waals surface area (Å²) in [6, 6.07) is 7.34. The van der Waals surface area contributed by atoms with Crippen LogP contribution in [0.2, 0.25) is 0 Å². The topological polar surface area (TPSA) is 41.5 Å². The molecule has 3 nitrogen and oxygen atoms in total. The molecular weight excluding hydrogens is 276 g/mol. The zero-order valence-corrected chi connectivity index (χ0v) is 12.3. The van der Waals surface area contributed by atoms with Gasteiger partial charge in [0.1, 0.15) is 5.75 Å². The fourth-order valence-corrected chi connectivity index (χ4v) is 2.92. The Bertz CT molecular complexity index is 434. The molecule has 1 fully saturated rings. The Kier molecular flexibility index (Phi) is 5.94. The zero-order valence-electron chi connectivity index (χ0n) is 12.3. The lowest BCUT2D eigenvalue weighted by Gasteiger charge is -2.30. The molecule has 0 amide bonds. The molecule has 2 rings (SSSR count). The molecule has 0 heterocycles. The van der Waals surface area contributed by atoms with Crippen molar-refractivity contribution in [1.82, 2.24) is 5.32 Å². The summed E-state index contributed by atoms with van der Waals surface area (Å²) in [5.41, 5.74) is 0.942. The van der Waals surface area contributed by atoms with Crippen LogP contribution in [0, 0.1) is 5.92 Å². The number of benzene rings is 1. The molecular formula is C16H23F2NO2. The van der Waals surface area contributed by atoms with E-state index in [0.717, 1.165) is 31.2 Å². The van der Waals surface area contributed by atoms with Crippen LogP contribution >= 0.6 is 0 Å². The number of aliphatic hydroxyl groups is 1. The molecule has 0 aromatic heterocycles. The van der Waals surface area contributed by atoms with Crippen molar-refractivity contribution < 1.29 is 18.6 Å². The van der Waals surface area contributed by atoms with E-state index in [1.807, 2.05) is 13.0 Å². The minimum absolute atomic E-state index is 0.0851. The van der Waals surface area contributed by atoms with Gasteiger partial charge in [-0.1, -0.05) is 12.1 Å². The molecule has 1 saturated carbocycles. The van der Waals surface area contributed by atoms with Crippen molar-refractivity contribution in [2.24, 2.45) is 5.92 Å². The van der Waals surface area contributed by atoms with Crippen molar-refractivity contribution >= 4 is 0 Å². The second-order valence-electron chi connectivity index (χ2n) is 5.74. The van der Waals surface area contributed by atoms with Crippen molar-refractivity contribution in [1.29, 1.82) is 0 Å². The first-order valence-electron chi connectivity index (χ1n) is 7.50.